The highest BCUT2D eigenvalue weighted by atomic mass is 14.7. The highest BCUT2D eigenvalue weighted by Crippen LogP contribution is 2.20. The number of nitrogens with two attached hydrogens (primary N) is 1. The normalized spacial score (nSPS) is 12.6. The van der Waals surface area contributed by atoms with Crippen LogP contribution in [0.1, 0.15) is 81.9 Å². The molecule has 0 fully saturated rings. The third kappa shape index (κ3) is 6.72. The Labute approximate surface area is 118 Å². The summed E-state index contributed by atoms with van der Waals surface area (Å²) < 4.78 is 0. The number of rotatable bonds is 10. The number of pyridine rings is 1. The van der Waals surface area contributed by atoms with Crippen molar-refractivity contribution < 1.29 is 0 Å². The minimum absolute atomic E-state index is 0.183. The van der Waals surface area contributed by atoms with E-state index in [-0.39, 0.29) is 6.04 Å². The summed E-state index contributed by atoms with van der Waals surface area (Å²) in [5.74, 6) is 0. The molecule has 2 heteroatoms. The Balaban J connectivity index is 2.08. The van der Waals surface area contributed by atoms with Gasteiger partial charge in [-0.15, -0.1) is 0 Å². The van der Waals surface area contributed by atoms with E-state index in [9.17, 15) is 0 Å². The summed E-state index contributed by atoms with van der Waals surface area (Å²) in [6.07, 6.45) is 15.7. The van der Waals surface area contributed by atoms with Crippen molar-refractivity contribution in [2.75, 3.05) is 0 Å². The lowest BCUT2D eigenvalue weighted by Crippen LogP contribution is -2.11. The van der Waals surface area contributed by atoms with Crippen molar-refractivity contribution in [1.82, 2.24) is 4.98 Å². The molecule has 0 aliphatic carbocycles. The van der Waals surface area contributed by atoms with Crippen LogP contribution >= 0.6 is 0 Å². The molecule has 1 rings (SSSR count). The summed E-state index contributed by atoms with van der Waals surface area (Å²) in [5.41, 5.74) is 8.73. The quantitative estimate of drug-likeness (QED) is 0.608. The van der Waals surface area contributed by atoms with Crippen LogP contribution < -0.4 is 5.73 Å². The van der Waals surface area contributed by atoms with E-state index in [0.29, 0.717) is 0 Å². The van der Waals surface area contributed by atoms with Crippen molar-refractivity contribution in [3.05, 3.63) is 29.6 Å². The average Bonchev–Trinajstić information content (AvgIpc) is 2.42. The fourth-order valence-corrected chi connectivity index (χ4v) is 2.55. The Bertz CT molecular complexity index is 336. The molecule has 19 heavy (non-hydrogen) atoms. The molecule has 0 spiro atoms. The highest BCUT2D eigenvalue weighted by molar-refractivity contribution is 5.24. The summed E-state index contributed by atoms with van der Waals surface area (Å²) >= 11 is 0. The van der Waals surface area contributed by atoms with Crippen LogP contribution in [0, 0.1) is 6.92 Å². The minimum Gasteiger partial charge on any atom is -0.324 e. The minimum atomic E-state index is 0.183. The van der Waals surface area contributed by atoms with Gasteiger partial charge in [-0.05, 0) is 30.5 Å². The first kappa shape index (κ1) is 16.2. The van der Waals surface area contributed by atoms with Crippen molar-refractivity contribution in [2.45, 2.75) is 77.7 Å². The molecule has 108 valence electrons. The van der Waals surface area contributed by atoms with Gasteiger partial charge in [0, 0.05) is 18.4 Å². The molecular weight excluding hydrogens is 232 g/mol. The van der Waals surface area contributed by atoms with Gasteiger partial charge in [0.2, 0.25) is 0 Å². The Hall–Kier alpha value is -0.890. The van der Waals surface area contributed by atoms with Crippen LogP contribution in [0.25, 0.3) is 0 Å². The fraction of sp³-hybridized carbons (Fsp3) is 0.706. The van der Waals surface area contributed by atoms with Gasteiger partial charge in [0.05, 0.1) is 0 Å². The molecule has 0 bridgehead atoms. The van der Waals surface area contributed by atoms with Gasteiger partial charge in [0.25, 0.3) is 0 Å². The topological polar surface area (TPSA) is 38.9 Å². The Kier molecular flexibility index (Phi) is 8.48. The lowest BCUT2D eigenvalue weighted by Gasteiger charge is -2.14. The third-order valence-corrected chi connectivity index (χ3v) is 3.83. The van der Waals surface area contributed by atoms with Crippen LogP contribution in [-0.4, -0.2) is 4.98 Å². The summed E-state index contributed by atoms with van der Waals surface area (Å²) in [7, 11) is 0. The van der Waals surface area contributed by atoms with Gasteiger partial charge in [0.15, 0.2) is 0 Å². The molecule has 0 radical (unpaired) electrons. The number of hydrogen-bond acceptors (Lipinski definition) is 2. The van der Waals surface area contributed by atoms with Crippen LogP contribution in [0.4, 0.5) is 0 Å². The zero-order chi connectivity index (χ0) is 13.9. The fourth-order valence-electron chi connectivity index (χ4n) is 2.55. The largest absolute Gasteiger partial charge is 0.324 e. The standard InChI is InChI=1S/C17H30N2/c1-3-4-5-6-7-8-9-10-11-17(18)16-12-13-19-14-15(16)2/h12-14,17H,3-11,18H2,1-2H3. The molecule has 1 heterocycles. The number of nitrogens with zero attached hydrogens (tertiary/aromatic N) is 1. The predicted molar refractivity (Wildman–Crippen MR) is 83.1 cm³/mol. The predicted octanol–water partition coefficient (Wildman–Crippen LogP) is 4.92. The molecule has 1 atom stereocenters. The second kappa shape index (κ2) is 9.96. The maximum absolute atomic E-state index is 6.25. The van der Waals surface area contributed by atoms with Crippen molar-refractivity contribution in [2.24, 2.45) is 5.73 Å². The van der Waals surface area contributed by atoms with E-state index >= 15 is 0 Å². The zero-order valence-corrected chi connectivity index (χ0v) is 12.7. The first-order valence-corrected chi connectivity index (χ1v) is 7.91. The van der Waals surface area contributed by atoms with Crippen LogP contribution in [0.5, 0.6) is 0 Å². The molecule has 0 aliphatic heterocycles. The zero-order valence-electron chi connectivity index (χ0n) is 12.7. The molecule has 2 N–H and O–H groups in total. The summed E-state index contributed by atoms with van der Waals surface area (Å²) in [6.45, 7) is 4.36. The Morgan fingerprint density at radius 1 is 1.05 bits per heavy atom. The number of unbranched alkanes of at least 4 members (excludes halogenated alkanes) is 7. The maximum Gasteiger partial charge on any atom is 0.0300 e. The van der Waals surface area contributed by atoms with Crippen LogP contribution in [0.2, 0.25) is 0 Å². The van der Waals surface area contributed by atoms with E-state index in [2.05, 4.69) is 24.9 Å². The highest BCUT2D eigenvalue weighted by Gasteiger charge is 2.07. The SMILES string of the molecule is CCCCCCCCCCC(N)c1ccncc1C. The molecule has 0 aliphatic rings. The van der Waals surface area contributed by atoms with Gasteiger partial charge in [-0.25, -0.2) is 0 Å². The Morgan fingerprint density at radius 3 is 2.32 bits per heavy atom. The number of aryl methyl sites for hydroxylation is 1. The van der Waals surface area contributed by atoms with E-state index < -0.39 is 0 Å². The molecule has 0 amide bonds. The molecule has 0 saturated heterocycles. The number of aromatic nitrogens is 1. The first-order valence-electron chi connectivity index (χ1n) is 7.91. The van der Waals surface area contributed by atoms with Gasteiger partial charge < -0.3 is 5.73 Å². The van der Waals surface area contributed by atoms with Crippen LogP contribution in [0.15, 0.2) is 18.5 Å². The molecular formula is C17H30N2. The Morgan fingerprint density at radius 2 is 1.68 bits per heavy atom. The molecule has 2 nitrogen and oxygen atoms in total. The average molecular weight is 262 g/mol. The van der Waals surface area contributed by atoms with Gasteiger partial charge in [-0.1, -0.05) is 58.3 Å². The maximum atomic E-state index is 6.25. The smallest absolute Gasteiger partial charge is 0.0300 e. The van der Waals surface area contributed by atoms with Crippen molar-refractivity contribution in [3.63, 3.8) is 0 Å². The summed E-state index contributed by atoms with van der Waals surface area (Å²) in [4.78, 5) is 4.12. The van der Waals surface area contributed by atoms with Crippen molar-refractivity contribution in [1.29, 1.82) is 0 Å². The second-order valence-corrected chi connectivity index (χ2v) is 5.60. The molecule has 0 aromatic carbocycles. The van der Waals surface area contributed by atoms with E-state index in [4.69, 9.17) is 5.73 Å². The van der Waals surface area contributed by atoms with E-state index in [1.165, 1.54) is 62.5 Å². The molecule has 1 aromatic rings. The van der Waals surface area contributed by atoms with E-state index in [1.54, 1.807) is 0 Å². The molecule has 1 aromatic heterocycles. The van der Waals surface area contributed by atoms with E-state index in [0.717, 1.165) is 6.42 Å². The molecule has 0 saturated carbocycles. The summed E-state index contributed by atoms with van der Waals surface area (Å²) in [6, 6.07) is 2.24. The van der Waals surface area contributed by atoms with E-state index in [1.807, 2.05) is 12.4 Å². The lowest BCUT2D eigenvalue weighted by molar-refractivity contribution is 0.535. The van der Waals surface area contributed by atoms with Crippen LogP contribution in [-0.2, 0) is 0 Å². The van der Waals surface area contributed by atoms with Crippen molar-refractivity contribution >= 4 is 0 Å². The molecule has 1 unspecified atom stereocenters. The summed E-state index contributed by atoms with van der Waals surface area (Å²) in [5, 5.41) is 0. The monoisotopic (exact) mass is 262 g/mol. The number of hydrogen-bond donors (Lipinski definition) is 1. The third-order valence-electron chi connectivity index (χ3n) is 3.83. The van der Waals surface area contributed by atoms with Gasteiger partial charge in [-0.2, -0.15) is 0 Å². The second-order valence-electron chi connectivity index (χ2n) is 5.60. The van der Waals surface area contributed by atoms with Crippen LogP contribution in [0.3, 0.4) is 0 Å². The van der Waals surface area contributed by atoms with Gasteiger partial charge in [-0.3, -0.25) is 4.98 Å². The van der Waals surface area contributed by atoms with Gasteiger partial charge in [0.1, 0.15) is 0 Å². The van der Waals surface area contributed by atoms with Crippen molar-refractivity contribution in [3.8, 4) is 0 Å². The van der Waals surface area contributed by atoms with Gasteiger partial charge >= 0.3 is 0 Å². The first-order chi connectivity index (χ1) is 9.25. The lowest BCUT2D eigenvalue weighted by atomic mass is 9.98.